The summed E-state index contributed by atoms with van der Waals surface area (Å²) in [6.07, 6.45) is 4.97. The highest BCUT2D eigenvalue weighted by Crippen LogP contribution is 1.92. The molecule has 0 aliphatic carbocycles. The van der Waals surface area contributed by atoms with Gasteiger partial charge >= 0.3 is 0 Å². The Morgan fingerprint density at radius 3 is 3.00 bits per heavy atom. The van der Waals surface area contributed by atoms with Gasteiger partial charge in [-0.05, 0) is 19.9 Å². The molecule has 0 aromatic carbocycles. The van der Waals surface area contributed by atoms with Crippen LogP contribution < -0.4 is 0 Å². The molecular weight excluding hydrogens is 154 g/mol. The summed E-state index contributed by atoms with van der Waals surface area (Å²) in [5, 5.41) is 7.52. The van der Waals surface area contributed by atoms with Crippen molar-refractivity contribution < 1.29 is 4.79 Å². The van der Waals surface area contributed by atoms with Crippen molar-refractivity contribution in [1.82, 2.24) is 14.8 Å². The zero-order chi connectivity index (χ0) is 8.97. The van der Waals surface area contributed by atoms with E-state index in [1.807, 2.05) is 11.5 Å². The lowest BCUT2D eigenvalue weighted by atomic mass is 10.4. The number of aromatic nitrogens is 3. The van der Waals surface area contributed by atoms with Crippen LogP contribution in [0, 0.1) is 6.92 Å². The van der Waals surface area contributed by atoms with Gasteiger partial charge in [-0.1, -0.05) is 6.08 Å². The Labute approximate surface area is 70.9 Å². The topological polar surface area (TPSA) is 47.8 Å². The quantitative estimate of drug-likeness (QED) is 0.620. The lowest BCUT2D eigenvalue weighted by Crippen LogP contribution is -1.96. The number of hydrogen-bond acceptors (Lipinski definition) is 3. The van der Waals surface area contributed by atoms with Crippen molar-refractivity contribution in [2.24, 2.45) is 0 Å². The predicted molar refractivity (Wildman–Crippen MR) is 44.6 cm³/mol. The van der Waals surface area contributed by atoms with Gasteiger partial charge < -0.3 is 4.57 Å². The van der Waals surface area contributed by atoms with Crippen LogP contribution in [-0.2, 0) is 11.3 Å². The smallest absolute Gasteiger partial charge is 0.152 e. The number of carbonyl (C=O) groups excluding carboxylic acids is 1. The average Bonchev–Trinajstić information content (AvgIpc) is 2.36. The van der Waals surface area contributed by atoms with Gasteiger partial charge in [-0.3, -0.25) is 4.79 Å². The lowest BCUT2D eigenvalue weighted by molar-refractivity contribution is -0.112. The molecule has 0 bridgehead atoms. The Morgan fingerprint density at radius 2 is 2.50 bits per heavy atom. The van der Waals surface area contributed by atoms with E-state index in [-0.39, 0.29) is 5.78 Å². The summed E-state index contributed by atoms with van der Waals surface area (Å²) in [6.45, 7) is 4.04. The molecule has 0 atom stereocenters. The number of ketones is 1. The van der Waals surface area contributed by atoms with Crippen molar-refractivity contribution in [1.29, 1.82) is 0 Å². The summed E-state index contributed by atoms with van der Waals surface area (Å²) in [5.74, 6) is 0.906. The fraction of sp³-hybridized carbons (Fsp3) is 0.375. The highest BCUT2D eigenvalue weighted by molar-refractivity contribution is 5.87. The zero-order valence-corrected chi connectivity index (χ0v) is 7.19. The van der Waals surface area contributed by atoms with Gasteiger partial charge in [0.05, 0.1) is 0 Å². The van der Waals surface area contributed by atoms with Crippen molar-refractivity contribution in [3.63, 3.8) is 0 Å². The van der Waals surface area contributed by atoms with Gasteiger partial charge in [0.25, 0.3) is 0 Å². The van der Waals surface area contributed by atoms with Crippen molar-refractivity contribution >= 4 is 5.78 Å². The first-order valence-corrected chi connectivity index (χ1v) is 3.71. The minimum Gasteiger partial charge on any atom is -0.314 e. The van der Waals surface area contributed by atoms with Crippen LogP contribution in [0.5, 0.6) is 0 Å². The highest BCUT2D eigenvalue weighted by Gasteiger charge is 1.93. The van der Waals surface area contributed by atoms with Crippen LogP contribution in [-0.4, -0.2) is 20.5 Å². The Morgan fingerprint density at radius 1 is 1.75 bits per heavy atom. The number of aryl methyl sites for hydroxylation is 1. The summed E-state index contributed by atoms with van der Waals surface area (Å²) in [5.41, 5.74) is 0. The van der Waals surface area contributed by atoms with Crippen molar-refractivity contribution in [2.45, 2.75) is 20.4 Å². The van der Waals surface area contributed by atoms with Crippen LogP contribution in [0.1, 0.15) is 12.7 Å². The molecule has 4 nitrogen and oxygen atoms in total. The van der Waals surface area contributed by atoms with E-state index in [4.69, 9.17) is 0 Å². The third-order valence-electron chi connectivity index (χ3n) is 1.46. The monoisotopic (exact) mass is 165 g/mol. The molecule has 0 unspecified atom stereocenters. The molecule has 0 aliphatic rings. The van der Waals surface area contributed by atoms with Crippen LogP contribution in [0.3, 0.4) is 0 Å². The molecule has 0 saturated carbocycles. The number of hydrogen-bond donors (Lipinski definition) is 0. The van der Waals surface area contributed by atoms with Crippen molar-refractivity contribution in [3.05, 3.63) is 24.3 Å². The molecule has 1 rings (SSSR count). The summed E-state index contributed by atoms with van der Waals surface area (Å²) in [6, 6.07) is 0. The molecule has 1 aromatic heterocycles. The van der Waals surface area contributed by atoms with Crippen LogP contribution in [0.4, 0.5) is 0 Å². The van der Waals surface area contributed by atoms with Gasteiger partial charge in [-0.25, -0.2) is 0 Å². The van der Waals surface area contributed by atoms with Gasteiger partial charge in [-0.2, -0.15) is 0 Å². The second-order valence-corrected chi connectivity index (χ2v) is 2.54. The first kappa shape index (κ1) is 8.64. The molecule has 0 fully saturated rings. The van der Waals surface area contributed by atoms with Crippen molar-refractivity contribution in [3.8, 4) is 0 Å². The summed E-state index contributed by atoms with van der Waals surface area (Å²) >= 11 is 0. The largest absolute Gasteiger partial charge is 0.314 e. The van der Waals surface area contributed by atoms with Crippen molar-refractivity contribution in [2.75, 3.05) is 0 Å². The number of nitrogens with zero attached hydrogens (tertiary/aromatic N) is 3. The van der Waals surface area contributed by atoms with E-state index in [9.17, 15) is 4.79 Å². The number of allylic oxidation sites excluding steroid dienone is 2. The molecular formula is C8H11N3O. The minimum absolute atomic E-state index is 0.0562. The van der Waals surface area contributed by atoms with Gasteiger partial charge in [0, 0.05) is 6.54 Å². The normalized spacial score (nSPS) is 10.8. The van der Waals surface area contributed by atoms with E-state index >= 15 is 0 Å². The summed E-state index contributed by atoms with van der Waals surface area (Å²) < 4.78 is 1.86. The minimum atomic E-state index is 0.0562. The van der Waals surface area contributed by atoms with Crippen LogP contribution >= 0.6 is 0 Å². The highest BCUT2D eigenvalue weighted by atomic mass is 16.1. The molecule has 0 N–H and O–H groups in total. The molecule has 1 heterocycles. The molecule has 12 heavy (non-hydrogen) atoms. The molecule has 0 saturated heterocycles. The molecule has 0 spiro atoms. The van der Waals surface area contributed by atoms with E-state index in [0.717, 1.165) is 5.82 Å². The molecule has 0 radical (unpaired) electrons. The SMILES string of the molecule is CC(=O)/C=C/Cn1cnnc1C. The number of carbonyl (C=O) groups is 1. The van der Waals surface area contributed by atoms with Crippen LogP contribution in [0.2, 0.25) is 0 Å². The fourth-order valence-electron chi connectivity index (χ4n) is 0.824. The molecule has 64 valence electrons. The van der Waals surface area contributed by atoms with Gasteiger partial charge in [-0.15, -0.1) is 10.2 Å². The average molecular weight is 165 g/mol. The lowest BCUT2D eigenvalue weighted by Gasteiger charge is -1.95. The summed E-state index contributed by atoms with van der Waals surface area (Å²) in [4.78, 5) is 10.5. The first-order valence-electron chi connectivity index (χ1n) is 3.71. The molecule has 0 aliphatic heterocycles. The third kappa shape index (κ3) is 2.30. The Balaban J connectivity index is 2.54. The maximum absolute atomic E-state index is 10.5. The summed E-state index contributed by atoms with van der Waals surface area (Å²) in [7, 11) is 0. The van der Waals surface area contributed by atoms with E-state index in [0.29, 0.717) is 6.54 Å². The van der Waals surface area contributed by atoms with Gasteiger partial charge in [0.15, 0.2) is 5.78 Å². The Bertz CT molecular complexity index is 301. The van der Waals surface area contributed by atoms with Crippen LogP contribution in [0.25, 0.3) is 0 Å². The maximum Gasteiger partial charge on any atom is 0.152 e. The Kier molecular flexibility index (Phi) is 2.74. The fourth-order valence-corrected chi connectivity index (χ4v) is 0.824. The Hall–Kier alpha value is -1.45. The molecule has 4 heteroatoms. The number of rotatable bonds is 3. The van der Waals surface area contributed by atoms with E-state index in [1.54, 1.807) is 18.5 Å². The standard InChI is InChI=1S/C8H11N3O/c1-7(12)4-3-5-11-6-9-10-8(11)2/h3-4,6H,5H2,1-2H3/b4-3+. The van der Waals surface area contributed by atoms with E-state index < -0.39 is 0 Å². The first-order chi connectivity index (χ1) is 5.70. The van der Waals surface area contributed by atoms with Gasteiger partial charge in [0.2, 0.25) is 0 Å². The van der Waals surface area contributed by atoms with Crippen LogP contribution in [0.15, 0.2) is 18.5 Å². The second-order valence-electron chi connectivity index (χ2n) is 2.54. The molecule has 1 aromatic rings. The predicted octanol–water partition coefficient (Wildman–Crippen LogP) is 0.732. The van der Waals surface area contributed by atoms with E-state index in [1.165, 1.54) is 6.92 Å². The second kappa shape index (κ2) is 3.80. The van der Waals surface area contributed by atoms with E-state index in [2.05, 4.69) is 10.2 Å². The maximum atomic E-state index is 10.5. The van der Waals surface area contributed by atoms with Gasteiger partial charge in [0.1, 0.15) is 12.2 Å². The molecule has 0 amide bonds. The zero-order valence-electron chi connectivity index (χ0n) is 7.19. The third-order valence-corrected chi connectivity index (χ3v) is 1.46.